The van der Waals surface area contributed by atoms with Gasteiger partial charge < -0.3 is 4.42 Å². The molecule has 0 aliphatic carbocycles. The van der Waals surface area contributed by atoms with E-state index in [1.165, 1.54) is 6.39 Å². The van der Waals surface area contributed by atoms with E-state index < -0.39 is 0 Å². The Kier molecular flexibility index (Phi) is 2.56. The van der Waals surface area contributed by atoms with Gasteiger partial charge in [0.1, 0.15) is 0 Å². The second-order valence-corrected chi connectivity index (χ2v) is 4.18. The molecular weight excluding hydrogens is 248 g/mol. The number of aromatic nitrogens is 4. The largest absolute Gasteiger partial charge is 0.440 e. The van der Waals surface area contributed by atoms with Crippen molar-refractivity contribution in [2.45, 2.75) is 6.92 Å². The molecule has 3 aromatic rings. The minimum absolute atomic E-state index is 0.520. The van der Waals surface area contributed by atoms with Gasteiger partial charge in [0, 0.05) is 0 Å². The summed E-state index contributed by atoms with van der Waals surface area (Å²) in [6, 6.07) is 9.76. The molecule has 18 heavy (non-hydrogen) atoms. The van der Waals surface area contributed by atoms with Gasteiger partial charge in [0.15, 0.2) is 16.9 Å². The molecule has 0 spiro atoms. The maximum absolute atomic E-state index is 5.37. The summed E-state index contributed by atoms with van der Waals surface area (Å²) in [6.45, 7) is 1.87. The second kappa shape index (κ2) is 4.23. The summed E-state index contributed by atoms with van der Waals surface area (Å²) in [5.41, 5.74) is 1.71. The van der Waals surface area contributed by atoms with Crippen molar-refractivity contribution in [2.24, 2.45) is 0 Å². The minimum atomic E-state index is 0.520. The minimum Gasteiger partial charge on any atom is -0.440 e. The predicted molar refractivity (Wildman–Crippen MR) is 69.0 cm³/mol. The van der Waals surface area contributed by atoms with Crippen LogP contribution in [-0.4, -0.2) is 19.7 Å². The molecule has 1 aromatic carbocycles. The van der Waals surface area contributed by atoms with Gasteiger partial charge in [0.05, 0.1) is 11.4 Å². The van der Waals surface area contributed by atoms with Crippen molar-refractivity contribution in [2.75, 3.05) is 0 Å². The van der Waals surface area contributed by atoms with Crippen LogP contribution in [0.5, 0.6) is 0 Å². The molecule has 0 saturated heterocycles. The lowest BCUT2D eigenvalue weighted by molar-refractivity contribution is 0.565. The molecule has 2 heterocycles. The van der Waals surface area contributed by atoms with Crippen LogP contribution in [0.25, 0.3) is 17.3 Å². The number of para-hydroxylation sites is 1. The van der Waals surface area contributed by atoms with Crippen molar-refractivity contribution in [3.63, 3.8) is 0 Å². The Bertz CT molecular complexity index is 726. The zero-order valence-electron chi connectivity index (χ0n) is 9.62. The van der Waals surface area contributed by atoms with Gasteiger partial charge in [0.2, 0.25) is 5.82 Å². The fraction of sp³-hybridized carbons (Fsp3) is 0.0833. The zero-order chi connectivity index (χ0) is 12.5. The van der Waals surface area contributed by atoms with Crippen LogP contribution in [0.15, 0.2) is 41.1 Å². The number of aromatic amines is 1. The van der Waals surface area contributed by atoms with Gasteiger partial charge in [-0.15, -0.1) is 0 Å². The Morgan fingerprint density at radius 2 is 2.06 bits per heavy atom. The number of nitrogens with one attached hydrogen (secondary N) is 1. The highest BCUT2D eigenvalue weighted by Crippen LogP contribution is 2.23. The average Bonchev–Trinajstić information content (AvgIpc) is 2.96. The van der Waals surface area contributed by atoms with E-state index in [-0.39, 0.29) is 0 Å². The number of hydrogen-bond donors (Lipinski definition) is 1. The number of rotatable bonds is 2. The quantitative estimate of drug-likeness (QED) is 0.718. The second-order valence-electron chi connectivity index (χ2n) is 3.79. The number of H-pyrrole nitrogens is 1. The molecule has 0 fully saturated rings. The molecule has 0 atom stereocenters. The van der Waals surface area contributed by atoms with Gasteiger partial charge in [-0.2, -0.15) is 5.10 Å². The van der Waals surface area contributed by atoms with Gasteiger partial charge in [-0.1, -0.05) is 18.2 Å². The van der Waals surface area contributed by atoms with E-state index in [0.717, 1.165) is 11.4 Å². The molecule has 0 saturated carbocycles. The zero-order valence-corrected chi connectivity index (χ0v) is 10.4. The smallest absolute Gasteiger partial charge is 0.204 e. The van der Waals surface area contributed by atoms with Crippen molar-refractivity contribution in [1.82, 2.24) is 19.7 Å². The van der Waals surface area contributed by atoms with Gasteiger partial charge in [-0.05, 0) is 31.3 Å². The third-order valence-electron chi connectivity index (χ3n) is 2.64. The van der Waals surface area contributed by atoms with Crippen molar-refractivity contribution in [1.29, 1.82) is 0 Å². The third kappa shape index (κ3) is 1.67. The summed E-state index contributed by atoms with van der Waals surface area (Å²) < 4.78 is 7.71. The lowest BCUT2D eigenvalue weighted by atomic mass is 10.3. The number of nitrogens with zero attached hydrogens (tertiary/aromatic N) is 3. The Balaban J connectivity index is 2.26. The maximum Gasteiger partial charge on any atom is 0.204 e. The first-order chi connectivity index (χ1) is 8.77. The van der Waals surface area contributed by atoms with E-state index in [0.29, 0.717) is 16.4 Å². The highest BCUT2D eigenvalue weighted by molar-refractivity contribution is 7.71. The van der Waals surface area contributed by atoms with Crippen molar-refractivity contribution in [3.05, 3.63) is 47.2 Å². The molecule has 0 radical (unpaired) electrons. The molecule has 0 aliphatic heterocycles. The summed E-state index contributed by atoms with van der Waals surface area (Å²) >= 11 is 5.25. The topological polar surface area (TPSA) is 59.6 Å². The van der Waals surface area contributed by atoms with Gasteiger partial charge >= 0.3 is 0 Å². The first kappa shape index (κ1) is 10.9. The Morgan fingerprint density at radius 3 is 2.72 bits per heavy atom. The molecule has 0 unspecified atom stereocenters. The molecule has 0 bridgehead atoms. The van der Waals surface area contributed by atoms with E-state index in [4.69, 9.17) is 16.6 Å². The summed E-state index contributed by atoms with van der Waals surface area (Å²) in [5, 5.41) is 6.99. The normalized spacial score (nSPS) is 10.7. The standard InChI is InChI=1S/C12H10N4OS/c1-8-10(17-7-13-8)11-14-15-12(18)16(11)9-5-3-2-4-6-9/h2-7H,1H3,(H,15,18). The molecule has 6 heteroatoms. The fourth-order valence-corrected chi connectivity index (χ4v) is 2.02. The third-order valence-corrected chi connectivity index (χ3v) is 2.91. The number of hydrogen-bond acceptors (Lipinski definition) is 4. The van der Waals surface area contributed by atoms with Crippen LogP contribution in [0.1, 0.15) is 5.69 Å². The fourth-order valence-electron chi connectivity index (χ4n) is 1.78. The summed E-state index contributed by atoms with van der Waals surface area (Å²) in [7, 11) is 0. The molecular formula is C12H10N4OS. The van der Waals surface area contributed by atoms with E-state index in [9.17, 15) is 0 Å². The predicted octanol–water partition coefficient (Wildman–Crippen LogP) is 2.89. The van der Waals surface area contributed by atoms with Crippen LogP contribution in [0.4, 0.5) is 0 Å². The van der Waals surface area contributed by atoms with Crippen LogP contribution in [0.3, 0.4) is 0 Å². The van der Waals surface area contributed by atoms with Crippen molar-refractivity contribution < 1.29 is 4.42 Å². The van der Waals surface area contributed by atoms with E-state index >= 15 is 0 Å². The average molecular weight is 258 g/mol. The molecule has 90 valence electrons. The molecule has 1 N–H and O–H groups in total. The lowest BCUT2D eigenvalue weighted by Gasteiger charge is -2.04. The first-order valence-electron chi connectivity index (χ1n) is 5.40. The highest BCUT2D eigenvalue weighted by Gasteiger charge is 2.16. The highest BCUT2D eigenvalue weighted by atomic mass is 32.1. The van der Waals surface area contributed by atoms with Crippen LogP contribution in [0.2, 0.25) is 0 Å². The number of benzene rings is 1. The number of aryl methyl sites for hydroxylation is 1. The van der Waals surface area contributed by atoms with Crippen LogP contribution in [-0.2, 0) is 0 Å². The molecule has 2 aromatic heterocycles. The van der Waals surface area contributed by atoms with Crippen LogP contribution in [0, 0.1) is 11.7 Å². The molecule has 5 nitrogen and oxygen atoms in total. The Morgan fingerprint density at radius 1 is 1.28 bits per heavy atom. The van der Waals surface area contributed by atoms with Crippen molar-refractivity contribution >= 4 is 12.2 Å². The van der Waals surface area contributed by atoms with Crippen molar-refractivity contribution in [3.8, 4) is 17.3 Å². The lowest BCUT2D eigenvalue weighted by Crippen LogP contribution is -1.97. The molecule has 3 rings (SSSR count). The summed E-state index contributed by atoms with van der Waals surface area (Å²) in [6.07, 6.45) is 1.40. The molecule has 0 amide bonds. The number of oxazole rings is 1. The van der Waals surface area contributed by atoms with Gasteiger partial charge in [-0.25, -0.2) is 4.98 Å². The maximum atomic E-state index is 5.37. The van der Waals surface area contributed by atoms with Crippen LogP contribution >= 0.6 is 12.2 Å². The van der Waals surface area contributed by atoms with Gasteiger partial charge in [-0.3, -0.25) is 9.67 Å². The molecule has 0 aliphatic rings. The monoisotopic (exact) mass is 258 g/mol. The van der Waals surface area contributed by atoms with Crippen LogP contribution < -0.4 is 0 Å². The first-order valence-corrected chi connectivity index (χ1v) is 5.81. The summed E-state index contributed by atoms with van der Waals surface area (Å²) in [4.78, 5) is 4.07. The Hall–Kier alpha value is -2.21. The van der Waals surface area contributed by atoms with E-state index in [2.05, 4.69) is 15.2 Å². The summed E-state index contributed by atoms with van der Waals surface area (Å²) in [5.74, 6) is 1.24. The SMILES string of the molecule is Cc1ncoc1-c1n[nH]c(=S)n1-c1ccccc1. The Labute approximate surface area is 108 Å². The van der Waals surface area contributed by atoms with E-state index in [1.54, 1.807) is 0 Å². The van der Waals surface area contributed by atoms with E-state index in [1.807, 2.05) is 41.8 Å². The van der Waals surface area contributed by atoms with Gasteiger partial charge in [0.25, 0.3) is 0 Å².